The molecule has 0 aliphatic carbocycles. The monoisotopic (exact) mass is 377 g/mol. The SMILES string of the molecule is C=C(NCCC)c1cc(C)c(C)c(-c2ccc(C(=C)NCC(C)(C)C)cn2)c1. The van der Waals surface area contributed by atoms with Gasteiger partial charge in [0.15, 0.2) is 0 Å². The molecule has 1 heterocycles. The summed E-state index contributed by atoms with van der Waals surface area (Å²) in [6, 6.07) is 8.54. The molecule has 1 aromatic carbocycles. The molecule has 28 heavy (non-hydrogen) atoms. The Morgan fingerprint density at radius 3 is 2.25 bits per heavy atom. The summed E-state index contributed by atoms with van der Waals surface area (Å²) in [7, 11) is 0. The van der Waals surface area contributed by atoms with Crippen LogP contribution in [-0.4, -0.2) is 18.1 Å². The van der Waals surface area contributed by atoms with E-state index >= 15 is 0 Å². The highest BCUT2D eigenvalue weighted by molar-refractivity contribution is 5.74. The van der Waals surface area contributed by atoms with Crippen molar-refractivity contribution in [2.75, 3.05) is 13.1 Å². The molecule has 2 rings (SSSR count). The zero-order valence-corrected chi connectivity index (χ0v) is 18.4. The number of hydrogen-bond acceptors (Lipinski definition) is 3. The predicted octanol–water partition coefficient (Wildman–Crippen LogP) is 5.94. The van der Waals surface area contributed by atoms with Crippen molar-refractivity contribution in [1.29, 1.82) is 0 Å². The van der Waals surface area contributed by atoms with E-state index in [0.717, 1.165) is 53.3 Å². The minimum Gasteiger partial charge on any atom is -0.385 e. The van der Waals surface area contributed by atoms with Gasteiger partial charge in [-0.25, -0.2) is 0 Å². The zero-order valence-electron chi connectivity index (χ0n) is 18.4. The summed E-state index contributed by atoms with van der Waals surface area (Å²) in [4.78, 5) is 4.73. The number of nitrogens with zero attached hydrogens (tertiary/aromatic N) is 1. The number of aryl methyl sites for hydroxylation is 1. The van der Waals surface area contributed by atoms with Gasteiger partial charge in [-0.15, -0.1) is 0 Å². The summed E-state index contributed by atoms with van der Waals surface area (Å²) in [5.74, 6) is 0. The Morgan fingerprint density at radius 1 is 1.00 bits per heavy atom. The van der Waals surface area contributed by atoms with Crippen LogP contribution >= 0.6 is 0 Å². The first-order valence-electron chi connectivity index (χ1n) is 10.1. The molecule has 2 aromatic rings. The lowest BCUT2D eigenvalue weighted by Crippen LogP contribution is -2.25. The number of rotatable bonds is 8. The third kappa shape index (κ3) is 5.72. The van der Waals surface area contributed by atoms with Gasteiger partial charge in [0.25, 0.3) is 0 Å². The summed E-state index contributed by atoms with van der Waals surface area (Å²) in [5, 5.41) is 6.80. The van der Waals surface area contributed by atoms with Gasteiger partial charge in [0.1, 0.15) is 0 Å². The van der Waals surface area contributed by atoms with Crippen molar-refractivity contribution in [2.24, 2.45) is 5.41 Å². The van der Waals surface area contributed by atoms with Crippen molar-refractivity contribution in [1.82, 2.24) is 15.6 Å². The number of benzene rings is 1. The lowest BCUT2D eigenvalue weighted by molar-refractivity contribution is 0.406. The fourth-order valence-electron chi connectivity index (χ4n) is 2.88. The second-order valence-corrected chi connectivity index (χ2v) is 8.70. The topological polar surface area (TPSA) is 37.0 Å². The molecule has 0 saturated heterocycles. The second-order valence-electron chi connectivity index (χ2n) is 8.70. The van der Waals surface area contributed by atoms with Crippen molar-refractivity contribution in [3.63, 3.8) is 0 Å². The molecule has 0 saturated carbocycles. The second kappa shape index (κ2) is 9.09. The third-order valence-corrected chi connectivity index (χ3v) is 4.82. The minimum absolute atomic E-state index is 0.208. The first-order chi connectivity index (χ1) is 13.1. The quantitative estimate of drug-likeness (QED) is 0.597. The van der Waals surface area contributed by atoms with Gasteiger partial charge in [0.2, 0.25) is 0 Å². The van der Waals surface area contributed by atoms with Gasteiger partial charge < -0.3 is 10.6 Å². The first-order valence-corrected chi connectivity index (χ1v) is 10.1. The fourth-order valence-corrected chi connectivity index (χ4v) is 2.88. The van der Waals surface area contributed by atoms with Crippen LogP contribution in [0.25, 0.3) is 22.7 Å². The summed E-state index contributed by atoms with van der Waals surface area (Å²) in [5.41, 5.74) is 8.83. The normalized spacial score (nSPS) is 11.2. The van der Waals surface area contributed by atoms with Crippen molar-refractivity contribution >= 4 is 11.4 Å². The Morgan fingerprint density at radius 2 is 1.68 bits per heavy atom. The first kappa shape index (κ1) is 21.7. The van der Waals surface area contributed by atoms with Crippen LogP contribution in [0.4, 0.5) is 0 Å². The maximum absolute atomic E-state index is 4.73. The Balaban J connectivity index is 2.26. The zero-order chi connectivity index (χ0) is 20.9. The Labute approximate surface area is 171 Å². The maximum atomic E-state index is 4.73. The molecule has 150 valence electrons. The molecule has 0 spiro atoms. The molecule has 0 radical (unpaired) electrons. The number of pyridine rings is 1. The molecule has 2 N–H and O–H groups in total. The Hall–Kier alpha value is -2.55. The molecular formula is C25H35N3. The van der Waals surface area contributed by atoms with Crippen LogP contribution in [0.1, 0.15) is 56.4 Å². The van der Waals surface area contributed by atoms with Gasteiger partial charge in [0.05, 0.1) is 5.69 Å². The van der Waals surface area contributed by atoms with E-state index in [1.807, 2.05) is 6.20 Å². The molecule has 0 fully saturated rings. The van der Waals surface area contributed by atoms with E-state index in [4.69, 9.17) is 4.98 Å². The van der Waals surface area contributed by atoms with Crippen LogP contribution in [0, 0.1) is 19.3 Å². The van der Waals surface area contributed by atoms with Crippen molar-refractivity contribution < 1.29 is 0 Å². The van der Waals surface area contributed by atoms with Crippen LogP contribution < -0.4 is 10.6 Å². The standard InChI is InChI=1S/C25H35N3/c1-9-12-26-20(5)22-13-17(2)18(3)23(14-22)24-11-10-21(15-27-24)19(4)28-16-25(6,7)8/h10-11,13-15,26,28H,4-5,9,12,16H2,1-3,6-8H3. The van der Waals surface area contributed by atoms with E-state index in [-0.39, 0.29) is 5.41 Å². The van der Waals surface area contributed by atoms with Gasteiger partial charge in [-0.05, 0) is 66.6 Å². The van der Waals surface area contributed by atoms with Gasteiger partial charge in [0, 0.05) is 41.8 Å². The largest absolute Gasteiger partial charge is 0.385 e. The third-order valence-electron chi connectivity index (χ3n) is 4.82. The van der Waals surface area contributed by atoms with Gasteiger partial charge in [-0.3, -0.25) is 4.98 Å². The highest BCUT2D eigenvalue weighted by Gasteiger charge is 2.12. The van der Waals surface area contributed by atoms with E-state index < -0.39 is 0 Å². The van der Waals surface area contributed by atoms with Crippen molar-refractivity contribution in [2.45, 2.75) is 48.0 Å². The number of hydrogen-bond donors (Lipinski definition) is 2. The Kier molecular flexibility index (Phi) is 7.06. The lowest BCUT2D eigenvalue weighted by atomic mass is 9.95. The smallest absolute Gasteiger partial charge is 0.0705 e. The van der Waals surface area contributed by atoms with Crippen LogP contribution in [0.2, 0.25) is 0 Å². The summed E-state index contributed by atoms with van der Waals surface area (Å²) in [6.07, 6.45) is 2.98. The van der Waals surface area contributed by atoms with Gasteiger partial charge in [-0.2, -0.15) is 0 Å². The summed E-state index contributed by atoms with van der Waals surface area (Å²) >= 11 is 0. The van der Waals surface area contributed by atoms with E-state index in [1.165, 1.54) is 11.1 Å². The molecule has 0 atom stereocenters. The van der Waals surface area contributed by atoms with Crippen LogP contribution in [0.5, 0.6) is 0 Å². The molecular weight excluding hydrogens is 342 g/mol. The molecule has 0 aliphatic heterocycles. The molecule has 3 heteroatoms. The lowest BCUT2D eigenvalue weighted by Gasteiger charge is -2.21. The summed E-state index contributed by atoms with van der Waals surface area (Å²) < 4.78 is 0. The van der Waals surface area contributed by atoms with Crippen LogP contribution in [0.15, 0.2) is 43.6 Å². The highest BCUT2D eigenvalue weighted by Crippen LogP contribution is 2.28. The molecule has 1 aromatic heterocycles. The van der Waals surface area contributed by atoms with E-state index in [0.29, 0.717) is 0 Å². The average molecular weight is 378 g/mol. The number of nitrogens with one attached hydrogen (secondary N) is 2. The minimum atomic E-state index is 0.208. The predicted molar refractivity (Wildman–Crippen MR) is 123 cm³/mol. The van der Waals surface area contributed by atoms with Crippen LogP contribution in [0.3, 0.4) is 0 Å². The highest BCUT2D eigenvalue weighted by atomic mass is 14.9. The number of aromatic nitrogens is 1. The van der Waals surface area contributed by atoms with Crippen LogP contribution in [-0.2, 0) is 0 Å². The molecule has 0 unspecified atom stereocenters. The molecule has 0 amide bonds. The van der Waals surface area contributed by atoms with Gasteiger partial charge in [-0.1, -0.05) is 40.9 Å². The van der Waals surface area contributed by atoms with Gasteiger partial charge >= 0.3 is 0 Å². The van der Waals surface area contributed by atoms with Crippen molar-refractivity contribution in [3.8, 4) is 11.3 Å². The van der Waals surface area contributed by atoms with E-state index in [1.54, 1.807) is 0 Å². The fraction of sp³-hybridized carbons (Fsp3) is 0.400. The summed E-state index contributed by atoms with van der Waals surface area (Å²) in [6.45, 7) is 23.2. The maximum Gasteiger partial charge on any atom is 0.0705 e. The molecule has 3 nitrogen and oxygen atoms in total. The average Bonchev–Trinajstić information content (AvgIpc) is 2.65. The van der Waals surface area contributed by atoms with E-state index in [2.05, 4.69) is 89.6 Å². The van der Waals surface area contributed by atoms with E-state index in [9.17, 15) is 0 Å². The van der Waals surface area contributed by atoms with Crippen molar-refractivity contribution in [3.05, 3.63) is 65.9 Å². The molecule has 0 aliphatic rings. The Bertz CT molecular complexity index is 839. The molecule has 0 bridgehead atoms.